The number of hydrogen-bond donors (Lipinski definition) is 5. The molecule has 6 nitrogen and oxygen atoms in total. The van der Waals surface area contributed by atoms with Crippen molar-refractivity contribution in [1.82, 2.24) is 0 Å². The molecule has 0 heterocycles. The van der Waals surface area contributed by atoms with E-state index in [1.165, 1.54) is 19.2 Å². The van der Waals surface area contributed by atoms with Gasteiger partial charge in [0.2, 0.25) is 0 Å². The van der Waals surface area contributed by atoms with Crippen molar-refractivity contribution in [2.75, 3.05) is 20.3 Å². The van der Waals surface area contributed by atoms with Crippen LogP contribution >= 0.6 is 0 Å². The van der Waals surface area contributed by atoms with Crippen molar-refractivity contribution in [2.45, 2.75) is 12.3 Å². The highest BCUT2D eigenvalue weighted by atomic mass is 16.5. The zero-order valence-corrected chi connectivity index (χ0v) is 13.9. The molecule has 3 unspecified atom stereocenters. The van der Waals surface area contributed by atoms with E-state index in [1.54, 1.807) is 18.2 Å². The van der Waals surface area contributed by atoms with E-state index in [0.717, 1.165) is 11.1 Å². The molecule has 0 aromatic heterocycles. The number of ether oxygens (including phenoxy) is 1. The number of fused-ring (bicyclic) bond motifs is 1. The average Bonchev–Trinajstić information content (AvgIpc) is 2.62. The molecule has 2 aromatic rings. The first-order valence-corrected chi connectivity index (χ1v) is 8.13. The largest absolute Gasteiger partial charge is 0.504 e. The topological polar surface area (TPSA) is 110 Å². The number of phenols is 3. The zero-order chi connectivity index (χ0) is 18.1. The van der Waals surface area contributed by atoms with Crippen LogP contribution in [0.4, 0.5) is 0 Å². The summed E-state index contributed by atoms with van der Waals surface area (Å²) in [6, 6.07) is 7.87. The summed E-state index contributed by atoms with van der Waals surface area (Å²) in [5.74, 6) is -0.925. The van der Waals surface area contributed by atoms with Gasteiger partial charge >= 0.3 is 0 Å². The summed E-state index contributed by atoms with van der Waals surface area (Å²) in [6.07, 6.45) is 0.550. The third-order valence-corrected chi connectivity index (χ3v) is 5.10. The molecule has 0 saturated carbocycles. The van der Waals surface area contributed by atoms with E-state index < -0.39 is 0 Å². The second-order valence-electron chi connectivity index (χ2n) is 6.44. The molecule has 0 spiro atoms. The smallest absolute Gasteiger partial charge is 0.160 e. The number of phenolic OH excluding ortho intramolecular Hbond substituents is 3. The fourth-order valence-corrected chi connectivity index (χ4v) is 3.81. The van der Waals surface area contributed by atoms with E-state index >= 15 is 0 Å². The maximum absolute atomic E-state index is 10.2. The first-order valence-electron chi connectivity index (χ1n) is 8.13. The Hall–Kier alpha value is -2.44. The first-order chi connectivity index (χ1) is 12.0. The normalized spacial score (nSPS) is 22.4. The van der Waals surface area contributed by atoms with Gasteiger partial charge in [-0.1, -0.05) is 6.07 Å². The number of rotatable bonds is 4. The van der Waals surface area contributed by atoms with Gasteiger partial charge in [0, 0.05) is 19.1 Å². The summed E-state index contributed by atoms with van der Waals surface area (Å²) in [7, 11) is 1.47. The van der Waals surface area contributed by atoms with E-state index in [4.69, 9.17) is 4.74 Å². The minimum atomic E-state index is -0.339. The lowest BCUT2D eigenvalue weighted by Gasteiger charge is -2.38. The number of aliphatic hydroxyl groups excluding tert-OH is 2. The molecule has 2 aromatic carbocycles. The van der Waals surface area contributed by atoms with Gasteiger partial charge in [-0.3, -0.25) is 0 Å². The van der Waals surface area contributed by atoms with Crippen LogP contribution in [0.15, 0.2) is 30.3 Å². The molecule has 3 atom stereocenters. The number of methoxy groups -OCH3 is 1. The van der Waals surface area contributed by atoms with Crippen LogP contribution in [-0.4, -0.2) is 45.9 Å². The number of hydrogen-bond acceptors (Lipinski definition) is 6. The van der Waals surface area contributed by atoms with Gasteiger partial charge in [0.15, 0.2) is 23.0 Å². The quantitative estimate of drug-likeness (QED) is 0.539. The minimum Gasteiger partial charge on any atom is -0.504 e. The van der Waals surface area contributed by atoms with Crippen LogP contribution in [-0.2, 0) is 6.42 Å². The predicted octanol–water partition coefficient (Wildman–Crippen LogP) is 1.72. The van der Waals surface area contributed by atoms with Crippen molar-refractivity contribution in [3.63, 3.8) is 0 Å². The first kappa shape index (κ1) is 17.4. The molecule has 3 rings (SSSR count). The van der Waals surface area contributed by atoms with E-state index in [-0.39, 0.29) is 48.2 Å². The van der Waals surface area contributed by atoms with Crippen molar-refractivity contribution in [3.05, 3.63) is 47.0 Å². The Labute approximate surface area is 145 Å². The molecule has 0 saturated heterocycles. The molecule has 0 aliphatic heterocycles. The number of benzene rings is 2. The van der Waals surface area contributed by atoms with Gasteiger partial charge in [-0.05, 0) is 59.2 Å². The van der Waals surface area contributed by atoms with Crippen molar-refractivity contribution in [1.29, 1.82) is 0 Å². The summed E-state index contributed by atoms with van der Waals surface area (Å²) in [5.41, 5.74) is 2.42. The van der Waals surface area contributed by atoms with E-state index in [2.05, 4.69) is 0 Å². The van der Waals surface area contributed by atoms with Gasteiger partial charge in [-0.2, -0.15) is 0 Å². The number of aliphatic hydroxyl groups is 2. The van der Waals surface area contributed by atoms with Crippen molar-refractivity contribution in [3.8, 4) is 23.0 Å². The Kier molecular flexibility index (Phi) is 4.74. The summed E-state index contributed by atoms with van der Waals surface area (Å²) < 4.78 is 5.17. The maximum Gasteiger partial charge on any atom is 0.160 e. The molecular formula is C19H22O6. The minimum absolute atomic E-state index is 0.00612. The van der Waals surface area contributed by atoms with Gasteiger partial charge in [0.25, 0.3) is 0 Å². The fourth-order valence-electron chi connectivity index (χ4n) is 3.81. The lowest BCUT2D eigenvalue weighted by Crippen LogP contribution is -2.35. The Morgan fingerprint density at radius 3 is 2.32 bits per heavy atom. The van der Waals surface area contributed by atoms with Gasteiger partial charge in [-0.25, -0.2) is 0 Å². The van der Waals surface area contributed by atoms with Crippen LogP contribution in [0.1, 0.15) is 22.6 Å². The summed E-state index contributed by atoms with van der Waals surface area (Å²) in [6.45, 7) is -0.238. The molecule has 0 amide bonds. The SMILES string of the molecule is COc1cc2c(cc1O)C(c1ccc(O)c(O)c1)C(CO)C(CO)C2. The highest BCUT2D eigenvalue weighted by molar-refractivity contribution is 5.53. The predicted molar refractivity (Wildman–Crippen MR) is 91.1 cm³/mol. The molecule has 6 heteroatoms. The lowest BCUT2D eigenvalue weighted by molar-refractivity contribution is 0.101. The Bertz CT molecular complexity index is 773. The van der Waals surface area contributed by atoms with Gasteiger partial charge in [0.05, 0.1) is 7.11 Å². The Balaban J connectivity index is 2.19. The number of aromatic hydroxyl groups is 3. The van der Waals surface area contributed by atoms with Crippen LogP contribution in [0.25, 0.3) is 0 Å². The monoisotopic (exact) mass is 346 g/mol. The second-order valence-corrected chi connectivity index (χ2v) is 6.44. The van der Waals surface area contributed by atoms with Crippen molar-refractivity contribution < 1.29 is 30.3 Å². The molecule has 1 aliphatic rings. The summed E-state index contributed by atoms with van der Waals surface area (Å²) in [5, 5.41) is 49.3. The van der Waals surface area contributed by atoms with E-state index in [0.29, 0.717) is 17.7 Å². The fraction of sp³-hybridized carbons (Fsp3) is 0.368. The lowest BCUT2D eigenvalue weighted by atomic mass is 9.67. The standard InChI is InChI=1S/C19H22O6/c1-25-18-6-11-4-12(8-20)14(9-21)19(13(11)7-17(18)24)10-2-3-15(22)16(23)5-10/h2-3,5-7,12,14,19-24H,4,8-9H2,1H3. The average molecular weight is 346 g/mol. The highest BCUT2D eigenvalue weighted by Gasteiger charge is 2.38. The molecular weight excluding hydrogens is 324 g/mol. The van der Waals surface area contributed by atoms with Gasteiger partial charge in [-0.15, -0.1) is 0 Å². The van der Waals surface area contributed by atoms with Gasteiger partial charge < -0.3 is 30.3 Å². The molecule has 5 N–H and O–H groups in total. The van der Waals surface area contributed by atoms with Crippen molar-refractivity contribution in [2.24, 2.45) is 11.8 Å². The Morgan fingerprint density at radius 1 is 0.960 bits per heavy atom. The van der Waals surface area contributed by atoms with Crippen LogP contribution in [0.3, 0.4) is 0 Å². The highest BCUT2D eigenvalue weighted by Crippen LogP contribution is 2.47. The van der Waals surface area contributed by atoms with Crippen LogP contribution < -0.4 is 4.74 Å². The van der Waals surface area contributed by atoms with E-state index in [1.807, 2.05) is 0 Å². The zero-order valence-electron chi connectivity index (χ0n) is 13.9. The summed E-state index contributed by atoms with van der Waals surface area (Å²) >= 11 is 0. The third kappa shape index (κ3) is 2.99. The van der Waals surface area contributed by atoms with Crippen LogP contribution in [0.2, 0.25) is 0 Å². The molecule has 25 heavy (non-hydrogen) atoms. The summed E-state index contributed by atoms with van der Waals surface area (Å²) in [4.78, 5) is 0. The van der Waals surface area contributed by atoms with Crippen LogP contribution in [0.5, 0.6) is 23.0 Å². The van der Waals surface area contributed by atoms with Gasteiger partial charge in [0.1, 0.15) is 0 Å². The molecule has 134 valence electrons. The second kappa shape index (κ2) is 6.82. The molecule has 1 aliphatic carbocycles. The third-order valence-electron chi connectivity index (χ3n) is 5.10. The van der Waals surface area contributed by atoms with Crippen LogP contribution in [0, 0.1) is 11.8 Å². The van der Waals surface area contributed by atoms with Crippen molar-refractivity contribution >= 4 is 0 Å². The molecule has 0 fully saturated rings. The molecule has 0 radical (unpaired) electrons. The maximum atomic E-state index is 10.2. The Morgan fingerprint density at radius 2 is 1.72 bits per heavy atom. The van der Waals surface area contributed by atoms with E-state index in [9.17, 15) is 25.5 Å². The molecule has 0 bridgehead atoms.